The number of alkyl halides is 3. The normalized spacial score (nSPS) is 11.5. The summed E-state index contributed by atoms with van der Waals surface area (Å²) in [6.07, 6.45) is -4.60. The number of fused-ring (bicyclic) bond motifs is 1. The number of nitrogens with zero attached hydrogens (tertiary/aromatic N) is 1. The van der Waals surface area contributed by atoms with E-state index in [0.717, 1.165) is 24.3 Å². The van der Waals surface area contributed by atoms with Gasteiger partial charge in [-0.05, 0) is 18.2 Å². The van der Waals surface area contributed by atoms with Gasteiger partial charge in [0, 0.05) is 34.8 Å². The van der Waals surface area contributed by atoms with Gasteiger partial charge in [-0.2, -0.15) is 18.4 Å². The highest BCUT2D eigenvalue weighted by molar-refractivity contribution is 5.85. The molecule has 0 atom stereocenters. The minimum absolute atomic E-state index is 0.143. The number of nitrogens with one attached hydrogen (secondary N) is 1. The van der Waals surface area contributed by atoms with Crippen molar-refractivity contribution in [3.63, 3.8) is 0 Å². The van der Waals surface area contributed by atoms with E-state index >= 15 is 0 Å². The van der Waals surface area contributed by atoms with E-state index in [1.54, 1.807) is 6.07 Å². The van der Waals surface area contributed by atoms with Crippen LogP contribution in [0.1, 0.15) is 11.1 Å². The zero-order valence-electron chi connectivity index (χ0n) is 12.4. The molecule has 3 rings (SSSR count). The fourth-order valence-electron chi connectivity index (χ4n) is 2.48. The van der Waals surface area contributed by atoms with Gasteiger partial charge in [0.15, 0.2) is 11.6 Å². The molecule has 0 amide bonds. The average Bonchev–Trinajstić information content (AvgIpc) is 2.99. The Hall–Kier alpha value is -3.08. The van der Waals surface area contributed by atoms with Crippen molar-refractivity contribution < 1.29 is 26.7 Å². The lowest BCUT2D eigenvalue weighted by molar-refractivity contribution is -0.127. The van der Waals surface area contributed by atoms with Crippen LogP contribution < -0.4 is 4.74 Å². The van der Waals surface area contributed by atoms with Gasteiger partial charge in [-0.1, -0.05) is 0 Å². The lowest BCUT2D eigenvalue weighted by Crippen LogP contribution is -2.13. The predicted octanol–water partition coefficient (Wildman–Crippen LogP) is 5.21. The van der Waals surface area contributed by atoms with E-state index in [9.17, 15) is 22.0 Å². The summed E-state index contributed by atoms with van der Waals surface area (Å²) in [5.74, 6) is -2.57. The van der Waals surface area contributed by atoms with Gasteiger partial charge in [-0.3, -0.25) is 0 Å². The molecular formula is C17H9F5N2O. The summed E-state index contributed by atoms with van der Waals surface area (Å²) < 4.78 is 71.7. The fraction of sp³-hybridized carbons (Fsp3) is 0.118. The van der Waals surface area contributed by atoms with Crippen LogP contribution in [0.15, 0.2) is 36.5 Å². The second kappa shape index (κ2) is 6.09. The molecule has 2 aromatic carbocycles. The Morgan fingerprint density at radius 2 is 1.84 bits per heavy atom. The molecule has 0 bridgehead atoms. The van der Waals surface area contributed by atoms with Crippen LogP contribution in [0.25, 0.3) is 10.9 Å². The van der Waals surface area contributed by atoms with Crippen LogP contribution in [0.2, 0.25) is 0 Å². The van der Waals surface area contributed by atoms with E-state index in [1.807, 2.05) is 0 Å². The van der Waals surface area contributed by atoms with Crippen LogP contribution in [-0.4, -0.2) is 11.2 Å². The molecular weight excluding hydrogens is 343 g/mol. The average molecular weight is 352 g/mol. The Labute approximate surface area is 138 Å². The van der Waals surface area contributed by atoms with Gasteiger partial charge < -0.3 is 9.72 Å². The van der Waals surface area contributed by atoms with Crippen molar-refractivity contribution in [1.29, 1.82) is 5.26 Å². The first-order valence-electron chi connectivity index (χ1n) is 7.01. The first-order chi connectivity index (χ1) is 11.8. The van der Waals surface area contributed by atoms with E-state index in [-0.39, 0.29) is 27.8 Å². The summed E-state index contributed by atoms with van der Waals surface area (Å²) in [4.78, 5) is 2.65. The second-order valence-electron chi connectivity index (χ2n) is 5.25. The lowest BCUT2D eigenvalue weighted by atomic mass is 10.0. The molecule has 0 saturated carbocycles. The summed E-state index contributed by atoms with van der Waals surface area (Å²) in [5, 5.41) is 8.98. The zero-order chi connectivity index (χ0) is 18.2. The third-order valence-electron chi connectivity index (χ3n) is 3.52. The van der Waals surface area contributed by atoms with E-state index in [2.05, 4.69) is 4.98 Å². The molecule has 0 spiro atoms. The third kappa shape index (κ3) is 3.40. The largest absolute Gasteiger partial charge is 0.454 e. The van der Waals surface area contributed by atoms with Crippen LogP contribution in [0.4, 0.5) is 22.0 Å². The van der Waals surface area contributed by atoms with Crippen LogP contribution in [0.3, 0.4) is 0 Å². The Balaban J connectivity index is 2.13. The number of nitriles is 1. The van der Waals surface area contributed by atoms with Crippen molar-refractivity contribution >= 4 is 10.9 Å². The highest BCUT2D eigenvalue weighted by Gasteiger charge is 2.32. The van der Waals surface area contributed by atoms with E-state index in [4.69, 9.17) is 10.00 Å². The number of halogens is 5. The van der Waals surface area contributed by atoms with Crippen molar-refractivity contribution in [3.05, 3.63) is 59.3 Å². The highest BCUT2D eigenvalue weighted by atomic mass is 19.4. The lowest BCUT2D eigenvalue weighted by Gasteiger charge is -2.15. The minimum atomic E-state index is -4.59. The summed E-state index contributed by atoms with van der Waals surface area (Å²) >= 11 is 0. The summed E-state index contributed by atoms with van der Waals surface area (Å²) in [5.41, 5.74) is -0.550. The molecule has 0 saturated heterocycles. The summed E-state index contributed by atoms with van der Waals surface area (Å²) in [6.45, 7) is 0. The van der Waals surface area contributed by atoms with Gasteiger partial charge in [0.1, 0.15) is 17.6 Å². The van der Waals surface area contributed by atoms with Gasteiger partial charge >= 0.3 is 6.18 Å². The SMILES string of the molecule is N#Cc1cc(Oc2c(F)cc3[nH]ccc3c2CC(F)(F)F)ccc1F. The molecule has 0 aliphatic rings. The van der Waals surface area contributed by atoms with Crippen LogP contribution in [0.5, 0.6) is 11.5 Å². The molecule has 0 aliphatic carbocycles. The number of rotatable bonds is 3. The van der Waals surface area contributed by atoms with Crippen LogP contribution >= 0.6 is 0 Å². The number of ether oxygens (including phenoxy) is 1. The number of H-pyrrole nitrogens is 1. The van der Waals surface area contributed by atoms with E-state index < -0.39 is 30.0 Å². The van der Waals surface area contributed by atoms with Gasteiger partial charge in [0.2, 0.25) is 0 Å². The molecule has 8 heteroatoms. The fourth-order valence-corrected chi connectivity index (χ4v) is 2.48. The Kier molecular flexibility index (Phi) is 4.08. The van der Waals surface area contributed by atoms with E-state index in [1.165, 1.54) is 12.3 Å². The molecule has 0 unspecified atom stereocenters. The molecule has 1 heterocycles. The molecule has 1 aromatic heterocycles. The second-order valence-corrected chi connectivity index (χ2v) is 5.25. The minimum Gasteiger partial charge on any atom is -0.454 e. The first-order valence-corrected chi connectivity index (χ1v) is 7.01. The predicted molar refractivity (Wildman–Crippen MR) is 79.2 cm³/mol. The number of aromatic amines is 1. The van der Waals surface area contributed by atoms with Crippen LogP contribution in [0, 0.1) is 23.0 Å². The van der Waals surface area contributed by atoms with E-state index in [0.29, 0.717) is 0 Å². The zero-order valence-corrected chi connectivity index (χ0v) is 12.4. The monoisotopic (exact) mass is 352 g/mol. The van der Waals surface area contributed by atoms with Crippen molar-refractivity contribution in [2.75, 3.05) is 0 Å². The quantitative estimate of drug-likeness (QED) is 0.658. The Morgan fingerprint density at radius 3 is 2.52 bits per heavy atom. The van der Waals surface area contributed by atoms with Gasteiger partial charge in [0.05, 0.1) is 12.0 Å². The number of benzene rings is 2. The molecule has 1 N–H and O–H groups in total. The van der Waals surface area contributed by atoms with Gasteiger partial charge in [0.25, 0.3) is 0 Å². The molecule has 128 valence electrons. The number of hydrogen-bond acceptors (Lipinski definition) is 2. The van der Waals surface area contributed by atoms with Gasteiger partial charge in [-0.15, -0.1) is 0 Å². The smallest absolute Gasteiger partial charge is 0.393 e. The van der Waals surface area contributed by atoms with Crippen molar-refractivity contribution in [2.45, 2.75) is 12.6 Å². The van der Waals surface area contributed by atoms with Crippen LogP contribution in [-0.2, 0) is 6.42 Å². The highest BCUT2D eigenvalue weighted by Crippen LogP contribution is 2.38. The molecule has 3 nitrogen and oxygen atoms in total. The topological polar surface area (TPSA) is 48.8 Å². The Morgan fingerprint density at radius 1 is 1.08 bits per heavy atom. The summed E-state index contributed by atoms with van der Waals surface area (Å²) in [7, 11) is 0. The van der Waals surface area contributed by atoms with Gasteiger partial charge in [-0.25, -0.2) is 8.78 Å². The molecule has 0 fully saturated rings. The van der Waals surface area contributed by atoms with Crippen molar-refractivity contribution in [1.82, 2.24) is 4.98 Å². The van der Waals surface area contributed by atoms with Crippen molar-refractivity contribution in [2.24, 2.45) is 0 Å². The maximum absolute atomic E-state index is 14.3. The molecule has 0 aliphatic heterocycles. The maximum Gasteiger partial charge on any atom is 0.393 e. The number of hydrogen-bond donors (Lipinski definition) is 1. The number of aromatic nitrogens is 1. The Bertz CT molecular complexity index is 985. The molecule has 3 aromatic rings. The van der Waals surface area contributed by atoms with Crippen molar-refractivity contribution in [3.8, 4) is 17.6 Å². The summed E-state index contributed by atoms with van der Waals surface area (Å²) in [6, 6.07) is 7.00. The molecule has 25 heavy (non-hydrogen) atoms. The maximum atomic E-state index is 14.3. The standard InChI is InChI=1S/C17H9F5N2O/c18-13-2-1-10(5-9(13)8-23)25-16-12(7-17(20,21)22)11-3-4-24-15(11)6-14(16)19/h1-6,24H,7H2. The molecule has 0 radical (unpaired) electrons. The third-order valence-corrected chi connectivity index (χ3v) is 3.52. The first kappa shape index (κ1) is 16.8.